The van der Waals surface area contributed by atoms with Crippen LogP contribution in [-0.4, -0.2) is 61.2 Å². The minimum atomic E-state index is -0.333. The lowest BCUT2D eigenvalue weighted by Gasteiger charge is -2.19. The fraction of sp³-hybridized carbons (Fsp3) is 0.630. The Morgan fingerprint density at radius 3 is 2.34 bits per heavy atom. The third kappa shape index (κ3) is 9.09. The van der Waals surface area contributed by atoms with Crippen molar-refractivity contribution >= 4 is 23.3 Å². The number of rotatable bonds is 14. The van der Waals surface area contributed by atoms with Crippen LogP contribution < -0.4 is 14.8 Å². The third-order valence-corrected chi connectivity index (χ3v) is 6.32. The second kappa shape index (κ2) is 14.6. The largest absolute Gasteiger partial charge is 0.486 e. The van der Waals surface area contributed by atoms with Gasteiger partial charge in [0.25, 0.3) is 0 Å². The molecule has 1 aromatic carbocycles. The first-order chi connectivity index (χ1) is 17.1. The zero-order chi connectivity index (χ0) is 24.9. The fourth-order valence-electron chi connectivity index (χ4n) is 4.24. The van der Waals surface area contributed by atoms with Gasteiger partial charge in [-0.25, -0.2) is 4.99 Å². The summed E-state index contributed by atoms with van der Waals surface area (Å²) in [6.07, 6.45) is 9.27. The van der Waals surface area contributed by atoms with E-state index in [1.165, 1.54) is 0 Å². The number of amidine groups is 1. The fourth-order valence-corrected chi connectivity index (χ4v) is 4.24. The number of aliphatic imine (C=N–C) groups is 1. The molecule has 0 atom stereocenters. The summed E-state index contributed by atoms with van der Waals surface area (Å²) in [5.41, 5.74) is 0.405. The topological polar surface area (TPSA) is 97.3 Å². The van der Waals surface area contributed by atoms with Crippen LogP contribution in [0.4, 0.5) is 0 Å². The molecule has 0 aliphatic carbocycles. The molecule has 1 amide bonds. The van der Waals surface area contributed by atoms with E-state index in [4.69, 9.17) is 9.47 Å². The summed E-state index contributed by atoms with van der Waals surface area (Å²) in [6.45, 7) is 5.29. The van der Waals surface area contributed by atoms with Gasteiger partial charge in [0.2, 0.25) is 11.7 Å². The first kappa shape index (κ1) is 26.9. The molecule has 0 unspecified atom stereocenters. The maximum absolute atomic E-state index is 13.2. The molecule has 0 radical (unpaired) electrons. The Bertz CT molecular complexity index is 893. The average molecular weight is 486 g/mol. The first-order valence-corrected chi connectivity index (χ1v) is 13.1. The van der Waals surface area contributed by atoms with E-state index in [0.29, 0.717) is 68.4 Å². The smallest absolute Gasteiger partial charge is 0.228 e. The molecule has 192 valence electrons. The van der Waals surface area contributed by atoms with Crippen LogP contribution in [0.5, 0.6) is 11.5 Å². The van der Waals surface area contributed by atoms with Gasteiger partial charge in [-0.05, 0) is 63.4 Å². The number of ether oxygens (including phenoxy) is 2. The van der Waals surface area contributed by atoms with Crippen LogP contribution in [0.25, 0.3) is 0 Å². The third-order valence-electron chi connectivity index (χ3n) is 6.32. The number of hydrogen-bond donors (Lipinski definition) is 1. The molecule has 35 heavy (non-hydrogen) atoms. The number of nitrogens with zero attached hydrogens (tertiary/aromatic N) is 2. The minimum Gasteiger partial charge on any atom is -0.486 e. The van der Waals surface area contributed by atoms with E-state index in [1.54, 1.807) is 18.2 Å². The van der Waals surface area contributed by atoms with Crippen LogP contribution in [0.15, 0.2) is 23.2 Å². The number of hydrogen-bond acceptors (Lipinski definition) is 7. The van der Waals surface area contributed by atoms with Gasteiger partial charge in [0.05, 0.1) is 6.67 Å². The number of Topliss-reactive ketones (excluding diaryl/α,β-unsaturated/α-hetero) is 2. The second-order valence-corrected chi connectivity index (χ2v) is 9.27. The summed E-state index contributed by atoms with van der Waals surface area (Å²) < 4.78 is 11.1. The van der Waals surface area contributed by atoms with Crippen LogP contribution in [0.1, 0.15) is 87.9 Å². The first-order valence-electron chi connectivity index (χ1n) is 13.1. The average Bonchev–Trinajstić information content (AvgIpc) is 3.40. The number of benzene rings is 1. The Morgan fingerprint density at radius 2 is 1.60 bits per heavy atom. The number of unbranched alkanes of at least 4 members (excludes halogenated alkanes) is 4. The zero-order valence-electron chi connectivity index (χ0n) is 21.0. The Balaban J connectivity index is 1.51. The molecular weight excluding hydrogens is 446 g/mol. The number of fused-ring (bicyclic) bond motifs is 1. The summed E-state index contributed by atoms with van der Waals surface area (Å²) in [5.74, 6) is 0.997. The normalized spacial score (nSPS) is 15.7. The molecule has 1 aromatic rings. The predicted molar refractivity (Wildman–Crippen MR) is 135 cm³/mol. The number of amides is 1. The number of ketones is 2. The summed E-state index contributed by atoms with van der Waals surface area (Å²) in [4.78, 5) is 44.3. The van der Waals surface area contributed by atoms with Crippen molar-refractivity contribution in [3.8, 4) is 11.5 Å². The number of likely N-dealkylation sites (tertiary alicyclic amines) is 1. The molecule has 0 saturated carbocycles. The second-order valence-electron chi connectivity index (χ2n) is 9.27. The Hall–Kier alpha value is -2.74. The SMILES string of the molecule is CCCCC(=O)CCCCCCC(=O)N/C(=N/CN1CCCC1)C(=O)c1ccc2c(c1)OCCO2. The highest BCUT2D eigenvalue weighted by Crippen LogP contribution is 2.31. The van der Waals surface area contributed by atoms with Crippen LogP contribution in [0, 0.1) is 0 Å². The molecule has 0 bridgehead atoms. The standard InChI is InChI=1S/C27H39N3O5/c1-2-3-10-22(31)11-6-4-5-7-12-25(32)29-27(28-20-30-15-8-9-16-30)26(33)21-13-14-23-24(19-21)35-18-17-34-23/h13-14,19H,2-12,15-18,20H2,1H3,(H,28,29,32). The molecule has 3 rings (SSSR count). The maximum atomic E-state index is 13.2. The molecule has 1 N–H and O–H groups in total. The van der Waals surface area contributed by atoms with Gasteiger partial charge in [0.15, 0.2) is 17.3 Å². The summed E-state index contributed by atoms with van der Waals surface area (Å²) in [7, 11) is 0. The molecule has 8 heteroatoms. The van der Waals surface area contributed by atoms with E-state index in [2.05, 4.69) is 22.1 Å². The van der Waals surface area contributed by atoms with Crippen molar-refractivity contribution in [2.45, 2.75) is 77.6 Å². The van der Waals surface area contributed by atoms with Gasteiger partial charge in [0.1, 0.15) is 19.0 Å². The van der Waals surface area contributed by atoms with Crippen LogP contribution >= 0.6 is 0 Å². The van der Waals surface area contributed by atoms with Gasteiger partial charge in [0, 0.05) is 24.8 Å². The van der Waals surface area contributed by atoms with Gasteiger partial charge in [-0.1, -0.05) is 26.2 Å². The summed E-state index contributed by atoms with van der Waals surface area (Å²) in [6, 6.07) is 5.04. The summed E-state index contributed by atoms with van der Waals surface area (Å²) >= 11 is 0. The molecule has 2 heterocycles. The lowest BCUT2D eigenvalue weighted by atomic mass is 10.1. The van der Waals surface area contributed by atoms with Crippen molar-refractivity contribution in [1.29, 1.82) is 0 Å². The van der Waals surface area contributed by atoms with Crippen molar-refractivity contribution in [3.63, 3.8) is 0 Å². The van der Waals surface area contributed by atoms with Crippen molar-refractivity contribution in [3.05, 3.63) is 23.8 Å². The van der Waals surface area contributed by atoms with Gasteiger partial charge in [-0.3, -0.25) is 19.3 Å². The zero-order valence-corrected chi connectivity index (χ0v) is 21.0. The van der Waals surface area contributed by atoms with Crippen molar-refractivity contribution in [2.24, 2.45) is 4.99 Å². The minimum absolute atomic E-state index is 0.0695. The van der Waals surface area contributed by atoms with E-state index in [0.717, 1.165) is 58.0 Å². The number of nitrogens with one attached hydrogen (secondary N) is 1. The summed E-state index contributed by atoms with van der Waals surface area (Å²) in [5, 5.41) is 2.76. The Labute approximate surface area is 208 Å². The Morgan fingerprint density at radius 1 is 0.914 bits per heavy atom. The highest BCUT2D eigenvalue weighted by molar-refractivity contribution is 6.47. The van der Waals surface area contributed by atoms with E-state index >= 15 is 0 Å². The number of carbonyl (C=O) groups is 3. The Kier molecular flexibility index (Phi) is 11.2. The lowest BCUT2D eigenvalue weighted by Crippen LogP contribution is -2.37. The van der Waals surface area contributed by atoms with Crippen molar-refractivity contribution in [2.75, 3.05) is 33.0 Å². The molecule has 0 spiro atoms. The van der Waals surface area contributed by atoms with Gasteiger partial charge < -0.3 is 14.8 Å². The van der Waals surface area contributed by atoms with E-state index < -0.39 is 0 Å². The molecule has 1 saturated heterocycles. The molecule has 2 aliphatic rings. The molecular formula is C27H39N3O5. The molecule has 2 aliphatic heterocycles. The lowest BCUT2D eigenvalue weighted by molar-refractivity contribution is -0.120. The van der Waals surface area contributed by atoms with E-state index in [9.17, 15) is 14.4 Å². The van der Waals surface area contributed by atoms with Gasteiger partial charge in [-0.15, -0.1) is 0 Å². The van der Waals surface area contributed by atoms with Crippen LogP contribution in [0.2, 0.25) is 0 Å². The predicted octanol–water partition coefficient (Wildman–Crippen LogP) is 4.31. The van der Waals surface area contributed by atoms with Crippen LogP contribution in [-0.2, 0) is 9.59 Å². The number of carbonyl (C=O) groups excluding carboxylic acids is 3. The molecule has 1 fully saturated rings. The highest BCUT2D eigenvalue weighted by atomic mass is 16.6. The van der Waals surface area contributed by atoms with Crippen LogP contribution in [0.3, 0.4) is 0 Å². The van der Waals surface area contributed by atoms with Gasteiger partial charge in [-0.2, -0.15) is 0 Å². The van der Waals surface area contributed by atoms with Crippen molar-refractivity contribution in [1.82, 2.24) is 10.2 Å². The van der Waals surface area contributed by atoms with Gasteiger partial charge >= 0.3 is 0 Å². The van der Waals surface area contributed by atoms with E-state index in [1.807, 2.05) is 0 Å². The quantitative estimate of drug-likeness (QED) is 0.183. The van der Waals surface area contributed by atoms with E-state index in [-0.39, 0.29) is 17.5 Å². The van der Waals surface area contributed by atoms with Crippen molar-refractivity contribution < 1.29 is 23.9 Å². The monoisotopic (exact) mass is 485 g/mol. The molecule has 8 nitrogen and oxygen atoms in total. The highest BCUT2D eigenvalue weighted by Gasteiger charge is 2.21. The maximum Gasteiger partial charge on any atom is 0.228 e. The molecule has 0 aromatic heterocycles.